The summed E-state index contributed by atoms with van der Waals surface area (Å²) in [5.74, 6) is 1.27. The molecule has 0 fully saturated rings. The normalized spacial score (nSPS) is 10.0. The number of hydrogen-bond donors (Lipinski definition) is 2. The van der Waals surface area contributed by atoms with Gasteiger partial charge in [-0.25, -0.2) is 9.78 Å². The van der Waals surface area contributed by atoms with E-state index in [0.717, 1.165) is 17.0 Å². The molecule has 2 N–H and O–H groups in total. The molecule has 2 amide bonds. The Hall–Kier alpha value is -2.56. The minimum Gasteiger partial charge on any atom is -0.473 e. The van der Waals surface area contributed by atoms with Crippen molar-refractivity contribution >= 4 is 11.8 Å². The minimum absolute atomic E-state index is 0.0988. The molecule has 0 aliphatic carbocycles. The number of nitrogens with zero attached hydrogens (tertiary/aromatic N) is 1. The number of carbonyl (C=O) groups excluding carboxylic acids is 1. The molecule has 1 aromatic carbocycles. The van der Waals surface area contributed by atoms with Gasteiger partial charge < -0.3 is 10.1 Å². The fraction of sp³-hybridized carbons (Fsp3) is 0.250. The lowest BCUT2D eigenvalue weighted by Gasteiger charge is -2.11. The zero-order valence-electron chi connectivity index (χ0n) is 12.4. The van der Waals surface area contributed by atoms with Crippen molar-refractivity contribution in [1.82, 2.24) is 10.3 Å². The number of aromatic nitrogens is 1. The van der Waals surface area contributed by atoms with Crippen LogP contribution in [0.2, 0.25) is 0 Å². The van der Waals surface area contributed by atoms with Crippen LogP contribution in [0.3, 0.4) is 0 Å². The van der Waals surface area contributed by atoms with Crippen LogP contribution < -0.4 is 15.4 Å². The molecule has 21 heavy (non-hydrogen) atoms. The molecule has 0 aliphatic heterocycles. The number of amides is 2. The van der Waals surface area contributed by atoms with Crippen molar-refractivity contribution in [2.24, 2.45) is 0 Å². The third kappa shape index (κ3) is 4.49. The van der Waals surface area contributed by atoms with Gasteiger partial charge in [0.15, 0.2) is 6.73 Å². The van der Waals surface area contributed by atoms with Crippen LogP contribution in [0.25, 0.3) is 0 Å². The van der Waals surface area contributed by atoms with Crippen molar-refractivity contribution < 1.29 is 9.53 Å². The summed E-state index contributed by atoms with van der Waals surface area (Å²) in [7, 11) is 0. The van der Waals surface area contributed by atoms with E-state index in [1.807, 2.05) is 51.1 Å². The molecular formula is C16H19N3O2. The van der Waals surface area contributed by atoms with Crippen LogP contribution in [0.4, 0.5) is 10.6 Å². The number of anilines is 1. The Morgan fingerprint density at radius 2 is 2.00 bits per heavy atom. The highest BCUT2D eigenvalue weighted by Gasteiger charge is 2.03. The van der Waals surface area contributed by atoms with Gasteiger partial charge >= 0.3 is 6.03 Å². The number of pyridine rings is 1. The molecule has 5 nitrogen and oxygen atoms in total. The van der Waals surface area contributed by atoms with Gasteiger partial charge in [0.1, 0.15) is 11.6 Å². The van der Waals surface area contributed by atoms with Crippen LogP contribution in [-0.2, 0) is 0 Å². The Balaban J connectivity index is 1.81. The minimum atomic E-state index is -0.349. The van der Waals surface area contributed by atoms with Crippen molar-refractivity contribution in [3.8, 4) is 5.75 Å². The van der Waals surface area contributed by atoms with Gasteiger partial charge in [0.25, 0.3) is 0 Å². The molecule has 0 bridgehead atoms. The number of nitrogens with one attached hydrogen (secondary N) is 2. The van der Waals surface area contributed by atoms with Crippen molar-refractivity contribution in [3.63, 3.8) is 0 Å². The molecule has 0 saturated heterocycles. The highest BCUT2D eigenvalue weighted by atomic mass is 16.5. The maximum Gasteiger partial charge on any atom is 0.323 e. The predicted octanol–water partition coefficient (Wildman–Crippen LogP) is 3.16. The largest absolute Gasteiger partial charge is 0.473 e. The molecular weight excluding hydrogens is 266 g/mol. The van der Waals surface area contributed by atoms with Gasteiger partial charge in [0.05, 0.1) is 0 Å². The number of ether oxygens (including phenoxy) is 1. The van der Waals surface area contributed by atoms with Crippen LogP contribution in [0.5, 0.6) is 5.75 Å². The maximum absolute atomic E-state index is 11.7. The number of carbonyl (C=O) groups is 1. The Labute approximate surface area is 124 Å². The third-order valence-corrected chi connectivity index (χ3v) is 2.92. The summed E-state index contributed by atoms with van der Waals surface area (Å²) >= 11 is 0. The summed E-state index contributed by atoms with van der Waals surface area (Å²) in [5, 5.41) is 5.28. The number of hydrogen-bond acceptors (Lipinski definition) is 3. The molecule has 2 aromatic rings. The molecule has 0 radical (unpaired) electrons. The first-order chi connectivity index (χ1) is 10.0. The summed E-state index contributed by atoms with van der Waals surface area (Å²) in [6.45, 7) is 5.96. The van der Waals surface area contributed by atoms with Gasteiger partial charge in [-0.3, -0.25) is 5.32 Å². The highest BCUT2D eigenvalue weighted by Crippen LogP contribution is 2.18. The van der Waals surface area contributed by atoms with Gasteiger partial charge in [-0.1, -0.05) is 23.8 Å². The van der Waals surface area contributed by atoms with E-state index in [1.54, 1.807) is 6.07 Å². The van der Waals surface area contributed by atoms with Gasteiger partial charge in [-0.05, 0) is 44.5 Å². The molecule has 0 saturated carbocycles. The lowest BCUT2D eigenvalue weighted by molar-refractivity contribution is 0.234. The summed E-state index contributed by atoms with van der Waals surface area (Å²) < 4.78 is 5.53. The van der Waals surface area contributed by atoms with Gasteiger partial charge in [-0.2, -0.15) is 0 Å². The van der Waals surface area contributed by atoms with Crippen LogP contribution in [0.15, 0.2) is 36.4 Å². The van der Waals surface area contributed by atoms with E-state index in [2.05, 4.69) is 15.6 Å². The SMILES string of the molecule is Cc1ccc(OCNC(=O)Nc2cccc(C)n2)c(C)c1. The molecule has 110 valence electrons. The highest BCUT2D eigenvalue weighted by molar-refractivity contribution is 5.88. The van der Waals surface area contributed by atoms with Crippen LogP contribution >= 0.6 is 0 Å². The predicted molar refractivity (Wildman–Crippen MR) is 82.5 cm³/mol. The van der Waals surface area contributed by atoms with Crippen LogP contribution in [-0.4, -0.2) is 17.7 Å². The fourth-order valence-electron chi connectivity index (χ4n) is 1.91. The Kier molecular flexibility index (Phi) is 4.77. The number of aryl methyl sites for hydroxylation is 3. The van der Waals surface area contributed by atoms with E-state index in [0.29, 0.717) is 5.82 Å². The third-order valence-electron chi connectivity index (χ3n) is 2.92. The number of rotatable bonds is 4. The van der Waals surface area contributed by atoms with E-state index in [1.165, 1.54) is 5.56 Å². The number of urea groups is 1. The zero-order chi connectivity index (χ0) is 15.2. The van der Waals surface area contributed by atoms with Crippen molar-refractivity contribution in [1.29, 1.82) is 0 Å². The van der Waals surface area contributed by atoms with E-state index in [9.17, 15) is 4.79 Å². The fourth-order valence-corrected chi connectivity index (χ4v) is 1.91. The Morgan fingerprint density at radius 3 is 2.71 bits per heavy atom. The van der Waals surface area contributed by atoms with Gasteiger partial charge in [-0.15, -0.1) is 0 Å². The quantitative estimate of drug-likeness (QED) is 0.848. The zero-order valence-corrected chi connectivity index (χ0v) is 12.4. The van der Waals surface area contributed by atoms with E-state index < -0.39 is 0 Å². The Bertz CT molecular complexity index is 641. The molecule has 0 unspecified atom stereocenters. The van der Waals surface area contributed by atoms with Gasteiger partial charge in [0, 0.05) is 5.69 Å². The topological polar surface area (TPSA) is 63.2 Å². The van der Waals surface area contributed by atoms with Crippen LogP contribution in [0.1, 0.15) is 16.8 Å². The molecule has 0 spiro atoms. The average Bonchev–Trinajstić information content (AvgIpc) is 2.41. The van der Waals surface area contributed by atoms with Crippen molar-refractivity contribution in [3.05, 3.63) is 53.2 Å². The molecule has 1 heterocycles. The first kappa shape index (κ1) is 14.8. The summed E-state index contributed by atoms with van der Waals surface area (Å²) in [6, 6.07) is 11.0. The summed E-state index contributed by atoms with van der Waals surface area (Å²) in [6.07, 6.45) is 0. The Morgan fingerprint density at radius 1 is 1.19 bits per heavy atom. The smallest absolute Gasteiger partial charge is 0.323 e. The molecule has 5 heteroatoms. The van der Waals surface area contributed by atoms with Crippen molar-refractivity contribution in [2.75, 3.05) is 12.0 Å². The number of benzene rings is 1. The first-order valence-electron chi connectivity index (χ1n) is 6.73. The lowest BCUT2D eigenvalue weighted by atomic mass is 10.1. The standard InChI is InChI=1S/C16H19N3O2/c1-11-7-8-14(12(2)9-11)21-10-17-16(20)19-15-6-4-5-13(3)18-15/h4-9H,10H2,1-3H3,(H2,17,18,19,20). The van der Waals surface area contributed by atoms with E-state index in [4.69, 9.17) is 4.74 Å². The summed E-state index contributed by atoms with van der Waals surface area (Å²) in [5.41, 5.74) is 3.06. The van der Waals surface area contributed by atoms with Crippen molar-refractivity contribution in [2.45, 2.75) is 20.8 Å². The van der Waals surface area contributed by atoms with Gasteiger partial charge in [0.2, 0.25) is 0 Å². The van der Waals surface area contributed by atoms with E-state index >= 15 is 0 Å². The molecule has 2 rings (SSSR count). The van der Waals surface area contributed by atoms with Crippen LogP contribution in [0, 0.1) is 20.8 Å². The molecule has 0 aliphatic rings. The monoisotopic (exact) mass is 285 g/mol. The molecule has 1 aromatic heterocycles. The second-order valence-corrected chi connectivity index (χ2v) is 4.85. The summed E-state index contributed by atoms with van der Waals surface area (Å²) in [4.78, 5) is 15.9. The first-order valence-corrected chi connectivity index (χ1v) is 6.73. The second-order valence-electron chi connectivity index (χ2n) is 4.85. The maximum atomic E-state index is 11.7. The van der Waals surface area contributed by atoms with E-state index in [-0.39, 0.29) is 12.8 Å². The molecule has 0 atom stereocenters. The second kappa shape index (κ2) is 6.74. The lowest BCUT2D eigenvalue weighted by Crippen LogP contribution is -2.32. The average molecular weight is 285 g/mol.